The Hall–Kier alpha value is 0.690. The highest BCUT2D eigenvalue weighted by Crippen LogP contribution is 2.36. The molecule has 0 saturated heterocycles. The summed E-state index contributed by atoms with van der Waals surface area (Å²) in [4.78, 5) is 69.7. The molecule has 0 radical (unpaired) electrons. The number of hydrogen-bond donors (Lipinski definition) is 10. The molecule has 168 valence electrons. The van der Waals surface area contributed by atoms with E-state index in [4.69, 9.17) is 71.8 Å². The lowest BCUT2D eigenvalue weighted by molar-refractivity contribution is 0.320. The summed E-state index contributed by atoms with van der Waals surface area (Å²) in [6.45, 7) is 0. The molecule has 0 bridgehead atoms. The Labute approximate surface area is 145 Å². The van der Waals surface area contributed by atoms with E-state index in [2.05, 4.69) is 0 Å². The highest BCUT2D eigenvalue weighted by Gasteiger charge is 2.06. The van der Waals surface area contributed by atoms with Gasteiger partial charge in [-0.15, -0.1) is 33.4 Å². The normalized spacial score (nSPS) is 11.3. The first-order valence-corrected chi connectivity index (χ1v) is 11.3. The van der Waals surface area contributed by atoms with Gasteiger partial charge in [0, 0.05) is 0 Å². The molecule has 0 fully saturated rings. The molecule has 0 unspecified atom stereocenters. The van der Waals surface area contributed by atoms with Gasteiger partial charge < -0.3 is 0 Å². The van der Waals surface area contributed by atoms with Crippen molar-refractivity contribution in [1.29, 1.82) is 0 Å². The summed E-state index contributed by atoms with van der Waals surface area (Å²) in [5.74, 6) is 0. The van der Waals surface area contributed by atoms with Gasteiger partial charge in [0.15, 0.2) is 0 Å². The molecule has 0 heterocycles. The molecule has 0 spiro atoms. The lowest BCUT2D eigenvalue weighted by Crippen LogP contribution is -1.56. The van der Waals surface area contributed by atoms with Gasteiger partial charge in [0.25, 0.3) is 0 Å². The molecule has 0 aromatic rings. The number of halogens is 6. The van der Waals surface area contributed by atoms with Gasteiger partial charge in [0.2, 0.25) is 0 Å². The Morgan fingerprint density at radius 2 is 0.346 bits per heavy atom. The van der Waals surface area contributed by atoms with Crippen LogP contribution in [0.15, 0.2) is 0 Å². The summed E-state index contributed by atoms with van der Waals surface area (Å²) in [6.07, 6.45) is 0. The topological polar surface area (TPSA) is 288 Å². The fourth-order valence-corrected chi connectivity index (χ4v) is 0. The molecule has 0 aliphatic carbocycles. The molecule has 26 heteroatoms. The van der Waals surface area contributed by atoms with Crippen LogP contribution >= 0.6 is 51.9 Å². The second kappa shape index (κ2) is 16.6. The first-order chi connectivity index (χ1) is 10.0. The Bertz CT molecular complexity index is 387. The lowest BCUT2D eigenvalue weighted by atomic mass is 15.8. The van der Waals surface area contributed by atoms with Crippen molar-refractivity contribution < 1.29 is 92.7 Å². The maximum Gasteiger partial charge on any atom is 0.507 e. The molecule has 0 aliphatic heterocycles. The quantitative estimate of drug-likeness (QED) is 0.150. The van der Waals surface area contributed by atoms with Crippen molar-refractivity contribution in [3.63, 3.8) is 0 Å². The highest BCUT2D eigenvalue weighted by atomic mass is 35.5. The van der Waals surface area contributed by atoms with E-state index in [9.17, 15) is 21.0 Å². The minimum atomic E-state index is -5.14. The van der Waals surface area contributed by atoms with Crippen molar-refractivity contribution in [3.05, 3.63) is 0 Å². The van der Waals surface area contributed by atoms with E-state index in [1.54, 1.807) is 0 Å². The molecule has 10 N–H and O–H groups in total. The predicted molar refractivity (Wildman–Crippen MR) is 73.0 cm³/mol. The van der Waals surface area contributed by atoms with Crippen molar-refractivity contribution >= 4 is 51.9 Å². The smallest absolute Gasteiger partial charge is 0.299 e. The molecule has 15 nitrogen and oxygen atoms in total. The van der Waals surface area contributed by atoms with Gasteiger partial charge in [-0.1, -0.05) is 0 Å². The van der Waals surface area contributed by atoms with Gasteiger partial charge in [-0.05, 0) is 0 Å². The van der Waals surface area contributed by atoms with E-state index in [0.29, 0.717) is 0 Å². The van der Waals surface area contributed by atoms with E-state index in [1.807, 2.05) is 0 Å². The molecule has 0 aromatic carbocycles. The minimum absolute atomic E-state index is 0. The zero-order chi connectivity index (χ0) is 22.5. The van der Waals surface area contributed by atoms with Gasteiger partial charge in [-0.3, -0.25) is 48.9 Å². The third kappa shape index (κ3) is 29100. The van der Waals surface area contributed by atoms with Crippen LogP contribution in [0, 0.1) is 0 Å². The maximum absolute atomic E-state index is 10.4. The molecule has 0 atom stereocenters. The average molecular weight is 536 g/mol. The first kappa shape index (κ1) is 41.1. The third-order valence-electron chi connectivity index (χ3n) is 0. The van der Waals surface area contributed by atoms with Gasteiger partial charge in [-0.25, -0.2) is 22.8 Å². The Balaban J connectivity index is -0.0000000476. The minimum Gasteiger partial charge on any atom is -0.299 e. The number of hydrogen-bond acceptors (Lipinski definition) is 5. The number of rotatable bonds is 0. The standard InChI is InChI=1S/ClH.5FH2O3P/c;5*1-5(2,3)4/h1H;5*(H2,2,3,4). The molecule has 26 heavy (non-hydrogen) atoms. The molecular weight excluding hydrogens is 525 g/mol. The van der Waals surface area contributed by atoms with E-state index >= 15 is 0 Å². The van der Waals surface area contributed by atoms with Crippen LogP contribution in [0.2, 0.25) is 0 Å². The molecule has 0 aromatic heterocycles. The van der Waals surface area contributed by atoms with Crippen LogP contribution in [0.25, 0.3) is 0 Å². The molecule has 0 amide bonds. The summed E-state index contributed by atoms with van der Waals surface area (Å²) in [5, 5.41) is 0. The van der Waals surface area contributed by atoms with E-state index in [0.717, 1.165) is 0 Å². The van der Waals surface area contributed by atoms with E-state index < -0.39 is 39.5 Å². The monoisotopic (exact) mass is 536 g/mol. The summed E-state index contributed by atoms with van der Waals surface area (Å²) >= 11 is 0. The highest BCUT2D eigenvalue weighted by molar-refractivity contribution is 7.46. The molecule has 0 rings (SSSR count). The average Bonchev–Trinajstić information content (AvgIpc) is 1.79. The summed E-state index contributed by atoms with van der Waals surface area (Å²) in [5.41, 5.74) is 0. The van der Waals surface area contributed by atoms with E-state index in [-0.39, 0.29) is 12.4 Å². The van der Waals surface area contributed by atoms with Crippen LogP contribution in [0.3, 0.4) is 0 Å². The summed E-state index contributed by atoms with van der Waals surface area (Å²) in [6, 6.07) is 0. The van der Waals surface area contributed by atoms with Gasteiger partial charge in [0.05, 0.1) is 0 Å². The molecule has 0 aliphatic rings. The Morgan fingerprint density at radius 3 is 0.346 bits per heavy atom. The molecular formula is H11ClF5O15P5. The van der Waals surface area contributed by atoms with Gasteiger partial charge in [0.1, 0.15) is 0 Å². The molecule has 0 saturated carbocycles. The SMILES string of the molecule is Cl.O=P(O)(O)F.O=P(O)(O)F.O=P(O)(O)F.O=P(O)(O)F.O=P(O)(O)F. The van der Waals surface area contributed by atoms with Crippen molar-refractivity contribution in [2.45, 2.75) is 0 Å². The Morgan fingerprint density at radius 1 is 0.346 bits per heavy atom. The van der Waals surface area contributed by atoms with Crippen LogP contribution in [0.5, 0.6) is 0 Å². The predicted octanol–water partition coefficient (Wildman–Crippen LogP) is 0.665. The second-order valence-electron chi connectivity index (χ2n) is 2.36. The van der Waals surface area contributed by atoms with Crippen LogP contribution < -0.4 is 0 Å². The van der Waals surface area contributed by atoms with Crippen LogP contribution in [0.1, 0.15) is 0 Å². The van der Waals surface area contributed by atoms with Crippen LogP contribution in [0.4, 0.5) is 21.0 Å². The maximum atomic E-state index is 10.4. The van der Waals surface area contributed by atoms with Crippen molar-refractivity contribution in [1.82, 2.24) is 0 Å². The largest absolute Gasteiger partial charge is 0.507 e. The van der Waals surface area contributed by atoms with Gasteiger partial charge >= 0.3 is 39.5 Å². The summed E-state index contributed by atoms with van der Waals surface area (Å²) < 4.78 is 95.1. The summed E-state index contributed by atoms with van der Waals surface area (Å²) in [7, 11) is -25.7. The van der Waals surface area contributed by atoms with E-state index in [1.165, 1.54) is 0 Å². The van der Waals surface area contributed by atoms with Crippen molar-refractivity contribution in [3.8, 4) is 0 Å². The second-order valence-corrected chi connectivity index (χ2v) is 7.09. The van der Waals surface area contributed by atoms with Crippen LogP contribution in [-0.2, 0) is 22.8 Å². The fourth-order valence-electron chi connectivity index (χ4n) is 0. The first-order valence-electron chi connectivity index (χ1n) is 3.76. The Kier molecular flexibility index (Phi) is 26.3. The van der Waals surface area contributed by atoms with Crippen molar-refractivity contribution in [2.24, 2.45) is 0 Å². The zero-order valence-electron chi connectivity index (χ0n) is 11.0. The lowest BCUT2D eigenvalue weighted by Gasteiger charge is -1.78. The zero-order valence-corrected chi connectivity index (χ0v) is 16.3. The van der Waals surface area contributed by atoms with Gasteiger partial charge in [-0.2, -0.15) is 0 Å². The fraction of sp³-hybridized carbons (Fsp3) is 0. The van der Waals surface area contributed by atoms with Crippen LogP contribution in [-0.4, -0.2) is 48.9 Å². The van der Waals surface area contributed by atoms with Crippen molar-refractivity contribution in [2.75, 3.05) is 0 Å². The third-order valence-corrected chi connectivity index (χ3v) is 0.